The molecule has 2 aromatic rings. The molecule has 258 valence electrons. The van der Waals surface area contributed by atoms with E-state index in [1.165, 1.54) is 0 Å². The van der Waals surface area contributed by atoms with Crippen LogP contribution in [0.15, 0.2) is 79.9 Å². The molecule has 2 unspecified atom stereocenters. The van der Waals surface area contributed by atoms with Crippen LogP contribution in [0.3, 0.4) is 0 Å². The average molecular weight is 657 g/mol. The molecule has 3 saturated heterocycles. The summed E-state index contributed by atoms with van der Waals surface area (Å²) in [6.45, 7) is 17.1. The minimum absolute atomic E-state index is 0.0107. The Kier molecular flexibility index (Phi) is 11.1. The molecule has 2 aromatic carbocycles. The second kappa shape index (κ2) is 15.1. The number of rotatable bonds is 17. The SMILES string of the molecule is C=CCN(Cc1ccccc1)C(=O)[C@@H]1[C@H]2C(=O)N(CCCCO)C(C(=O)N(CC=C)c3ccc(N(CC)CC)cc3)C23CC[C@@]1(CC)O3. The van der Waals surface area contributed by atoms with Crippen molar-refractivity contribution < 1.29 is 24.2 Å². The van der Waals surface area contributed by atoms with Crippen molar-refractivity contribution in [3.8, 4) is 0 Å². The smallest absolute Gasteiger partial charge is 0.253 e. The van der Waals surface area contributed by atoms with E-state index in [4.69, 9.17) is 4.74 Å². The Morgan fingerprint density at radius 1 is 0.938 bits per heavy atom. The molecule has 1 spiro atoms. The lowest BCUT2D eigenvalue weighted by atomic mass is 9.64. The number of unbranched alkanes of at least 4 members (excludes halogenated alkanes) is 1. The van der Waals surface area contributed by atoms with Gasteiger partial charge >= 0.3 is 0 Å². The van der Waals surface area contributed by atoms with E-state index in [1.807, 2.05) is 61.5 Å². The number of nitrogens with zero attached hydrogens (tertiary/aromatic N) is 4. The lowest BCUT2D eigenvalue weighted by Gasteiger charge is -2.37. The topological polar surface area (TPSA) is 93.6 Å². The average Bonchev–Trinajstić information content (AvgIpc) is 3.71. The number of benzene rings is 2. The first-order valence-electron chi connectivity index (χ1n) is 17.6. The third-order valence-electron chi connectivity index (χ3n) is 10.7. The first-order valence-corrected chi connectivity index (χ1v) is 17.6. The van der Waals surface area contributed by atoms with Crippen molar-refractivity contribution in [1.29, 1.82) is 0 Å². The van der Waals surface area contributed by atoms with Crippen LogP contribution in [-0.4, -0.2) is 89.2 Å². The van der Waals surface area contributed by atoms with Crippen LogP contribution in [0.4, 0.5) is 11.4 Å². The van der Waals surface area contributed by atoms with Crippen LogP contribution >= 0.6 is 0 Å². The van der Waals surface area contributed by atoms with Crippen LogP contribution in [0.25, 0.3) is 0 Å². The highest BCUT2D eigenvalue weighted by Crippen LogP contribution is 2.64. The van der Waals surface area contributed by atoms with Crippen LogP contribution in [0.5, 0.6) is 0 Å². The van der Waals surface area contributed by atoms with Gasteiger partial charge in [-0.1, -0.05) is 49.4 Å². The van der Waals surface area contributed by atoms with Crippen LogP contribution in [0, 0.1) is 11.8 Å². The quantitative estimate of drug-likeness (QED) is 0.186. The molecule has 5 atom stereocenters. The summed E-state index contributed by atoms with van der Waals surface area (Å²) in [5.41, 5.74) is 0.775. The number of aliphatic hydroxyl groups is 1. The highest BCUT2D eigenvalue weighted by Gasteiger charge is 2.79. The molecule has 3 fully saturated rings. The third kappa shape index (κ3) is 6.18. The molecule has 5 rings (SSSR count). The first kappa shape index (κ1) is 35.4. The van der Waals surface area contributed by atoms with Crippen molar-refractivity contribution in [2.24, 2.45) is 11.8 Å². The van der Waals surface area contributed by atoms with Gasteiger partial charge in [0.15, 0.2) is 0 Å². The van der Waals surface area contributed by atoms with E-state index in [1.54, 1.807) is 26.9 Å². The summed E-state index contributed by atoms with van der Waals surface area (Å²) in [6, 6.07) is 16.8. The first-order chi connectivity index (χ1) is 23.2. The van der Waals surface area contributed by atoms with Crippen LogP contribution in [0.2, 0.25) is 0 Å². The van der Waals surface area contributed by atoms with Gasteiger partial charge in [-0.25, -0.2) is 0 Å². The number of carbonyl (C=O) groups excluding carboxylic acids is 3. The zero-order chi connectivity index (χ0) is 34.5. The predicted molar refractivity (Wildman–Crippen MR) is 189 cm³/mol. The largest absolute Gasteiger partial charge is 0.396 e. The second-order valence-corrected chi connectivity index (χ2v) is 13.2. The number of carbonyl (C=O) groups is 3. The Morgan fingerprint density at radius 3 is 2.21 bits per heavy atom. The maximum absolute atomic E-state index is 15.0. The van der Waals surface area contributed by atoms with Crippen LogP contribution < -0.4 is 9.80 Å². The molecule has 3 aliphatic rings. The van der Waals surface area contributed by atoms with Crippen molar-refractivity contribution in [1.82, 2.24) is 9.80 Å². The molecule has 0 radical (unpaired) electrons. The number of amides is 3. The monoisotopic (exact) mass is 656 g/mol. The Hall–Kier alpha value is -3.95. The summed E-state index contributed by atoms with van der Waals surface area (Å²) in [4.78, 5) is 51.7. The van der Waals surface area contributed by atoms with Crippen LogP contribution in [-0.2, 0) is 25.7 Å². The van der Waals surface area contributed by atoms with E-state index >= 15 is 0 Å². The van der Waals surface area contributed by atoms with Gasteiger partial charge in [-0.3, -0.25) is 14.4 Å². The standard InChI is InChI=1S/C39H52N4O5/c1-6-24-41(28-29-16-12-11-13-17-29)35(45)32-33-36(46)43(26-14-15-27-44)34(39(33)23-22-38(32,8-3)48-39)37(47)42(25-7-2)31-20-18-30(19-21-31)40(9-4)10-5/h6-7,11-13,16-21,32-34,44H,1-2,8-10,14-15,22-28H2,3-5H3/t32-,33-,34?,38+,39?/m0/s1. The van der Waals surface area contributed by atoms with Crippen molar-refractivity contribution in [2.75, 3.05) is 49.1 Å². The van der Waals surface area contributed by atoms with Crippen LogP contribution in [0.1, 0.15) is 58.4 Å². The molecular weight excluding hydrogens is 604 g/mol. The summed E-state index contributed by atoms with van der Waals surface area (Å²) in [6.07, 6.45) is 6.09. The minimum atomic E-state index is -1.14. The van der Waals surface area contributed by atoms with E-state index in [-0.39, 0.29) is 30.9 Å². The number of likely N-dealkylation sites (tertiary alicyclic amines) is 1. The summed E-state index contributed by atoms with van der Waals surface area (Å²) >= 11 is 0. The third-order valence-corrected chi connectivity index (χ3v) is 10.7. The van der Waals surface area contributed by atoms with Gasteiger partial charge in [0.1, 0.15) is 11.6 Å². The van der Waals surface area contributed by atoms with Gasteiger partial charge in [0, 0.05) is 57.3 Å². The summed E-state index contributed by atoms with van der Waals surface area (Å²) < 4.78 is 7.05. The lowest BCUT2D eigenvalue weighted by molar-refractivity contribution is -0.151. The van der Waals surface area contributed by atoms with Crippen molar-refractivity contribution in [3.63, 3.8) is 0 Å². The zero-order valence-electron chi connectivity index (χ0n) is 28.9. The summed E-state index contributed by atoms with van der Waals surface area (Å²) in [5, 5.41) is 9.59. The van der Waals surface area contributed by atoms with E-state index in [0.717, 1.165) is 24.3 Å². The van der Waals surface area contributed by atoms with Crippen molar-refractivity contribution in [3.05, 3.63) is 85.5 Å². The molecule has 9 nitrogen and oxygen atoms in total. The van der Waals surface area contributed by atoms with E-state index < -0.39 is 29.1 Å². The molecule has 3 amide bonds. The number of hydrogen-bond donors (Lipinski definition) is 1. The Morgan fingerprint density at radius 2 is 1.60 bits per heavy atom. The Bertz CT molecular complexity index is 1460. The fourth-order valence-electron chi connectivity index (χ4n) is 8.43. The molecular formula is C39H52N4O5. The van der Waals surface area contributed by atoms with Crippen molar-refractivity contribution >= 4 is 29.1 Å². The molecule has 2 bridgehead atoms. The van der Waals surface area contributed by atoms with Crippen molar-refractivity contribution in [2.45, 2.75) is 76.7 Å². The molecule has 3 aliphatic heterocycles. The van der Waals surface area contributed by atoms with Gasteiger partial charge in [0.25, 0.3) is 5.91 Å². The molecule has 0 saturated carbocycles. The van der Waals surface area contributed by atoms with Gasteiger partial charge in [-0.15, -0.1) is 13.2 Å². The maximum Gasteiger partial charge on any atom is 0.253 e. The lowest BCUT2D eigenvalue weighted by Crippen LogP contribution is -2.56. The molecule has 1 N–H and O–H groups in total. The van der Waals surface area contributed by atoms with Gasteiger partial charge < -0.3 is 29.4 Å². The molecule has 9 heteroatoms. The number of fused-ring (bicyclic) bond motifs is 1. The summed E-state index contributed by atoms with van der Waals surface area (Å²) in [5.74, 6) is -2.11. The van der Waals surface area contributed by atoms with Gasteiger partial charge in [-0.2, -0.15) is 0 Å². The van der Waals surface area contributed by atoms with Gasteiger partial charge in [0.2, 0.25) is 11.8 Å². The Labute approximate surface area is 285 Å². The zero-order valence-corrected chi connectivity index (χ0v) is 28.9. The van der Waals surface area contributed by atoms with Gasteiger partial charge in [0.05, 0.1) is 17.4 Å². The highest BCUT2D eigenvalue weighted by atomic mass is 16.5. The highest BCUT2D eigenvalue weighted by molar-refractivity contribution is 6.05. The minimum Gasteiger partial charge on any atom is -0.396 e. The van der Waals surface area contributed by atoms with E-state index in [0.29, 0.717) is 57.4 Å². The Balaban J connectivity index is 1.55. The number of hydrogen-bond acceptors (Lipinski definition) is 6. The molecule has 0 aromatic heterocycles. The number of ether oxygens (including phenoxy) is 1. The summed E-state index contributed by atoms with van der Waals surface area (Å²) in [7, 11) is 0. The van der Waals surface area contributed by atoms with E-state index in [2.05, 4.69) is 31.9 Å². The predicted octanol–water partition coefficient (Wildman–Crippen LogP) is 5.19. The second-order valence-electron chi connectivity index (χ2n) is 13.2. The molecule has 3 heterocycles. The molecule has 0 aliphatic carbocycles. The fraction of sp³-hybridized carbons (Fsp3) is 0.513. The normalized spacial score (nSPS) is 25.5. The maximum atomic E-state index is 15.0. The van der Waals surface area contributed by atoms with E-state index in [9.17, 15) is 19.5 Å². The van der Waals surface area contributed by atoms with Gasteiger partial charge in [-0.05, 0) is 75.8 Å². The number of aliphatic hydroxyl groups excluding tert-OH is 1. The number of anilines is 2. The molecule has 48 heavy (non-hydrogen) atoms. The fourth-order valence-corrected chi connectivity index (χ4v) is 8.43.